The maximum absolute atomic E-state index is 13.1. The minimum Gasteiger partial charge on any atom is -0.490 e. The number of ether oxygens (including phenoxy) is 2. The minimum atomic E-state index is -0.345. The SMILES string of the molecule is CC(C)COCCOc1ccc(F)cc1C#CCCl. The molecule has 0 fully saturated rings. The normalized spacial score (nSPS) is 10.2. The van der Waals surface area contributed by atoms with Crippen molar-refractivity contribution in [1.29, 1.82) is 0 Å². The van der Waals surface area contributed by atoms with Crippen LogP contribution in [0.4, 0.5) is 4.39 Å². The summed E-state index contributed by atoms with van der Waals surface area (Å²) in [6.45, 7) is 5.78. The van der Waals surface area contributed by atoms with E-state index in [1.165, 1.54) is 12.1 Å². The van der Waals surface area contributed by atoms with Gasteiger partial charge in [0.1, 0.15) is 18.2 Å². The molecule has 0 radical (unpaired) electrons. The van der Waals surface area contributed by atoms with Gasteiger partial charge >= 0.3 is 0 Å². The van der Waals surface area contributed by atoms with E-state index in [0.29, 0.717) is 37.1 Å². The van der Waals surface area contributed by atoms with E-state index in [0.717, 1.165) is 0 Å². The number of rotatable bonds is 6. The number of halogens is 2. The molecule has 0 amide bonds. The Hall–Kier alpha value is -1.24. The van der Waals surface area contributed by atoms with Crippen LogP contribution in [0.5, 0.6) is 5.75 Å². The maximum atomic E-state index is 13.1. The minimum absolute atomic E-state index is 0.202. The Morgan fingerprint density at radius 1 is 1.32 bits per heavy atom. The number of benzene rings is 1. The molecular formula is C15H18ClFO2. The van der Waals surface area contributed by atoms with Gasteiger partial charge in [0.25, 0.3) is 0 Å². The van der Waals surface area contributed by atoms with Gasteiger partial charge in [-0.05, 0) is 24.1 Å². The van der Waals surface area contributed by atoms with Crippen LogP contribution in [-0.4, -0.2) is 25.7 Å². The first-order valence-corrected chi connectivity index (χ1v) is 6.72. The molecule has 1 aromatic carbocycles. The van der Waals surface area contributed by atoms with Crippen LogP contribution in [-0.2, 0) is 4.74 Å². The van der Waals surface area contributed by atoms with Crippen LogP contribution in [0.1, 0.15) is 19.4 Å². The van der Waals surface area contributed by atoms with Gasteiger partial charge in [-0.15, -0.1) is 11.6 Å². The second kappa shape index (κ2) is 8.79. The third kappa shape index (κ3) is 6.47. The highest BCUT2D eigenvalue weighted by Crippen LogP contribution is 2.18. The van der Waals surface area contributed by atoms with Gasteiger partial charge in [0.15, 0.2) is 0 Å². The molecule has 1 rings (SSSR count). The number of hydrogen-bond donors (Lipinski definition) is 0. The highest BCUT2D eigenvalue weighted by Gasteiger charge is 2.03. The summed E-state index contributed by atoms with van der Waals surface area (Å²) in [4.78, 5) is 0. The first-order valence-electron chi connectivity index (χ1n) is 6.18. The molecular weight excluding hydrogens is 267 g/mol. The lowest BCUT2D eigenvalue weighted by Crippen LogP contribution is -2.10. The number of hydrogen-bond acceptors (Lipinski definition) is 2. The molecule has 0 atom stereocenters. The largest absolute Gasteiger partial charge is 0.490 e. The molecule has 0 heterocycles. The fourth-order valence-electron chi connectivity index (χ4n) is 1.38. The predicted molar refractivity (Wildman–Crippen MR) is 75.2 cm³/mol. The molecule has 0 bridgehead atoms. The van der Waals surface area contributed by atoms with Crippen LogP contribution < -0.4 is 4.74 Å². The van der Waals surface area contributed by atoms with Crippen molar-refractivity contribution in [3.8, 4) is 17.6 Å². The van der Waals surface area contributed by atoms with E-state index in [1.54, 1.807) is 6.07 Å². The van der Waals surface area contributed by atoms with Crippen LogP contribution in [0.15, 0.2) is 18.2 Å². The van der Waals surface area contributed by atoms with Crippen molar-refractivity contribution in [3.63, 3.8) is 0 Å². The second-order valence-corrected chi connectivity index (χ2v) is 4.66. The molecule has 0 unspecified atom stereocenters. The Morgan fingerprint density at radius 2 is 2.11 bits per heavy atom. The Balaban J connectivity index is 2.52. The molecule has 0 aliphatic heterocycles. The molecule has 0 spiro atoms. The van der Waals surface area contributed by atoms with Crippen molar-refractivity contribution in [3.05, 3.63) is 29.6 Å². The van der Waals surface area contributed by atoms with Gasteiger partial charge in [0.2, 0.25) is 0 Å². The summed E-state index contributed by atoms with van der Waals surface area (Å²) >= 11 is 5.49. The lowest BCUT2D eigenvalue weighted by atomic mass is 10.2. The molecule has 1 aromatic rings. The zero-order valence-corrected chi connectivity index (χ0v) is 12.0. The summed E-state index contributed by atoms with van der Waals surface area (Å²) in [6.07, 6.45) is 0. The van der Waals surface area contributed by atoms with E-state index in [-0.39, 0.29) is 11.7 Å². The lowest BCUT2D eigenvalue weighted by Gasteiger charge is -2.10. The molecule has 2 nitrogen and oxygen atoms in total. The van der Waals surface area contributed by atoms with Crippen molar-refractivity contribution in [2.24, 2.45) is 5.92 Å². The van der Waals surface area contributed by atoms with Gasteiger partial charge in [-0.3, -0.25) is 0 Å². The molecule has 0 saturated heterocycles. The molecule has 0 saturated carbocycles. The lowest BCUT2D eigenvalue weighted by molar-refractivity contribution is 0.0818. The van der Waals surface area contributed by atoms with Crippen LogP contribution in [0.2, 0.25) is 0 Å². The third-order valence-electron chi connectivity index (χ3n) is 2.17. The molecule has 0 N–H and O–H groups in total. The van der Waals surface area contributed by atoms with Crippen molar-refractivity contribution >= 4 is 11.6 Å². The maximum Gasteiger partial charge on any atom is 0.135 e. The summed E-state index contributed by atoms with van der Waals surface area (Å²) in [5.41, 5.74) is 0.504. The quantitative estimate of drug-likeness (QED) is 0.452. The van der Waals surface area contributed by atoms with Crippen LogP contribution >= 0.6 is 11.6 Å². The highest BCUT2D eigenvalue weighted by molar-refractivity contribution is 6.19. The van der Waals surface area contributed by atoms with Crippen molar-refractivity contribution < 1.29 is 13.9 Å². The van der Waals surface area contributed by atoms with Gasteiger partial charge in [-0.1, -0.05) is 25.7 Å². The van der Waals surface area contributed by atoms with Crippen molar-refractivity contribution in [1.82, 2.24) is 0 Å². The Morgan fingerprint density at radius 3 is 2.79 bits per heavy atom. The van der Waals surface area contributed by atoms with Crippen LogP contribution in [0.25, 0.3) is 0 Å². The number of alkyl halides is 1. The first kappa shape index (κ1) is 15.8. The average Bonchev–Trinajstić information content (AvgIpc) is 2.37. The third-order valence-corrected chi connectivity index (χ3v) is 2.30. The van der Waals surface area contributed by atoms with Crippen molar-refractivity contribution in [2.45, 2.75) is 13.8 Å². The molecule has 0 aliphatic rings. The van der Waals surface area contributed by atoms with Gasteiger partial charge in [0, 0.05) is 6.61 Å². The fourth-order valence-corrected chi connectivity index (χ4v) is 1.45. The summed E-state index contributed by atoms with van der Waals surface area (Å²) in [5, 5.41) is 0. The molecule has 4 heteroatoms. The topological polar surface area (TPSA) is 18.5 Å². The van der Waals surface area contributed by atoms with Crippen molar-refractivity contribution in [2.75, 3.05) is 25.7 Å². The summed E-state index contributed by atoms with van der Waals surface area (Å²) in [7, 11) is 0. The fraction of sp³-hybridized carbons (Fsp3) is 0.467. The summed E-state index contributed by atoms with van der Waals surface area (Å²) in [6, 6.07) is 4.25. The standard InChI is InChI=1S/C15H18ClFO2/c1-12(2)11-18-8-9-19-15-6-5-14(17)10-13(15)4-3-7-16/h5-6,10,12H,7-9,11H2,1-2H3. The van der Waals surface area contributed by atoms with E-state index < -0.39 is 0 Å². The summed E-state index contributed by atoms with van der Waals surface area (Å²) in [5.74, 6) is 6.36. The van der Waals surface area contributed by atoms with Crippen LogP contribution in [0.3, 0.4) is 0 Å². The van der Waals surface area contributed by atoms with E-state index in [9.17, 15) is 4.39 Å². The molecule has 0 aromatic heterocycles. The molecule has 0 aliphatic carbocycles. The highest BCUT2D eigenvalue weighted by atomic mass is 35.5. The smallest absolute Gasteiger partial charge is 0.135 e. The van der Waals surface area contributed by atoms with Gasteiger partial charge < -0.3 is 9.47 Å². The zero-order valence-electron chi connectivity index (χ0n) is 11.2. The van der Waals surface area contributed by atoms with E-state index >= 15 is 0 Å². The van der Waals surface area contributed by atoms with Gasteiger partial charge in [-0.2, -0.15) is 0 Å². The first-order chi connectivity index (χ1) is 9.13. The Bertz CT molecular complexity index is 449. The van der Waals surface area contributed by atoms with E-state index in [4.69, 9.17) is 21.1 Å². The Kier molecular flexibility index (Phi) is 7.32. The Labute approximate surface area is 118 Å². The van der Waals surface area contributed by atoms with Crippen LogP contribution in [0, 0.1) is 23.6 Å². The van der Waals surface area contributed by atoms with E-state index in [1.807, 2.05) is 0 Å². The van der Waals surface area contributed by atoms with Gasteiger partial charge in [-0.25, -0.2) is 4.39 Å². The van der Waals surface area contributed by atoms with E-state index in [2.05, 4.69) is 25.7 Å². The average molecular weight is 285 g/mol. The predicted octanol–water partition coefficient (Wildman–Crippen LogP) is 3.47. The zero-order chi connectivity index (χ0) is 14.1. The summed E-state index contributed by atoms with van der Waals surface area (Å²) < 4.78 is 24.1. The molecule has 19 heavy (non-hydrogen) atoms. The molecule has 104 valence electrons. The van der Waals surface area contributed by atoms with Gasteiger partial charge in [0.05, 0.1) is 18.1 Å². The monoisotopic (exact) mass is 284 g/mol. The second-order valence-electron chi connectivity index (χ2n) is 4.39.